The van der Waals surface area contributed by atoms with Crippen LogP contribution in [0.3, 0.4) is 0 Å². The van der Waals surface area contributed by atoms with Gasteiger partial charge in [-0.15, -0.1) is 0 Å². The first-order chi connectivity index (χ1) is 6.69. The van der Waals surface area contributed by atoms with Gasteiger partial charge in [0.05, 0.1) is 13.2 Å². The molecule has 1 aromatic carbocycles. The summed E-state index contributed by atoms with van der Waals surface area (Å²) in [5.41, 5.74) is 0.471. The molecule has 3 N–H and O–H groups in total. The SMILES string of the molecule is CNC[C@H](O)c1cc(OC)ccc1O. The second-order valence-electron chi connectivity index (χ2n) is 3.00. The Hall–Kier alpha value is -1.26. The molecule has 0 aliphatic carbocycles. The smallest absolute Gasteiger partial charge is 0.121 e. The molecule has 1 aromatic rings. The summed E-state index contributed by atoms with van der Waals surface area (Å²) in [6, 6.07) is 4.77. The van der Waals surface area contributed by atoms with Gasteiger partial charge in [0.2, 0.25) is 0 Å². The average molecular weight is 197 g/mol. The Labute approximate surface area is 83.1 Å². The second-order valence-corrected chi connectivity index (χ2v) is 3.00. The van der Waals surface area contributed by atoms with Crippen LogP contribution in [0.15, 0.2) is 18.2 Å². The lowest BCUT2D eigenvalue weighted by Crippen LogP contribution is -2.16. The monoisotopic (exact) mass is 197 g/mol. The van der Waals surface area contributed by atoms with Crippen molar-refractivity contribution in [2.24, 2.45) is 0 Å². The zero-order valence-corrected chi connectivity index (χ0v) is 8.32. The van der Waals surface area contributed by atoms with Crippen LogP contribution < -0.4 is 10.1 Å². The molecule has 0 aromatic heterocycles. The molecule has 4 heteroatoms. The van der Waals surface area contributed by atoms with Crippen LogP contribution in [0.25, 0.3) is 0 Å². The number of rotatable bonds is 4. The number of hydrogen-bond acceptors (Lipinski definition) is 4. The normalized spacial score (nSPS) is 12.5. The van der Waals surface area contributed by atoms with Crippen molar-refractivity contribution in [3.05, 3.63) is 23.8 Å². The van der Waals surface area contributed by atoms with Gasteiger partial charge in [0.1, 0.15) is 11.5 Å². The predicted molar refractivity (Wildman–Crippen MR) is 53.5 cm³/mol. The molecule has 0 bridgehead atoms. The van der Waals surface area contributed by atoms with E-state index in [4.69, 9.17) is 4.74 Å². The number of phenols is 1. The predicted octanol–water partition coefficient (Wildman–Crippen LogP) is 0.654. The fourth-order valence-electron chi connectivity index (χ4n) is 1.23. The molecule has 14 heavy (non-hydrogen) atoms. The number of phenolic OH excluding ortho intramolecular Hbond substituents is 1. The summed E-state index contributed by atoms with van der Waals surface area (Å²) >= 11 is 0. The van der Waals surface area contributed by atoms with Gasteiger partial charge in [-0.25, -0.2) is 0 Å². The van der Waals surface area contributed by atoms with E-state index in [0.717, 1.165) is 0 Å². The van der Waals surface area contributed by atoms with Crippen LogP contribution in [0.4, 0.5) is 0 Å². The largest absolute Gasteiger partial charge is 0.508 e. The molecule has 0 amide bonds. The third-order valence-corrected chi connectivity index (χ3v) is 1.99. The standard InChI is InChI=1S/C10H15NO3/c1-11-6-10(13)8-5-7(14-2)3-4-9(8)12/h3-5,10-13H,6H2,1-2H3/t10-/m0/s1. The van der Waals surface area contributed by atoms with E-state index in [1.54, 1.807) is 26.3 Å². The summed E-state index contributed by atoms with van der Waals surface area (Å²) in [5.74, 6) is 0.696. The van der Waals surface area contributed by atoms with Crippen LogP contribution >= 0.6 is 0 Å². The van der Waals surface area contributed by atoms with Gasteiger partial charge in [-0.3, -0.25) is 0 Å². The molecule has 0 saturated heterocycles. The van der Waals surface area contributed by atoms with Crippen LogP contribution in [0.5, 0.6) is 11.5 Å². The average Bonchev–Trinajstić information content (AvgIpc) is 2.19. The van der Waals surface area contributed by atoms with Crippen molar-refractivity contribution in [2.45, 2.75) is 6.10 Å². The topological polar surface area (TPSA) is 61.7 Å². The van der Waals surface area contributed by atoms with E-state index in [9.17, 15) is 10.2 Å². The maximum atomic E-state index is 9.64. The van der Waals surface area contributed by atoms with E-state index in [0.29, 0.717) is 17.9 Å². The first kappa shape index (κ1) is 10.8. The first-order valence-corrected chi connectivity index (χ1v) is 4.38. The molecule has 0 radical (unpaired) electrons. The number of hydrogen-bond donors (Lipinski definition) is 3. The molecule has 0 spiro atoms. The fraction of sp³-hybridized carbons (Fsp3) is 0.400. The quantitative estimate of drug-likeness (QED) is 0.663. The molecule has 0 fully saturated rings. The third kappa shape index (κ3) is 2.37. The minimum atomic E-state index is -0.727. The number of aliphatic hydroxyl groups is 1. The number of ether oxygens (including phenoxy) is 1. The minimum absolute atomic E-state index is 0.0774. The number of likely N-dealkylation sites (N-methyl/N-ethyl adjacent to an activating group) is 1. The summed E-state index contributed by atoms with van der Waals surface area (Å²) in [4.78, 5) is 0. The number of benzene rings is 1. The molecule has 0 unspecified atom stereocenters. The van der Waals surface area contributed by atoms with Gasteiger partial charge in [0.15, 0.2) is 0 Å². The zero-order valence-electron chi connectivity index (χ0n) is 8.32. The van der Waals surface area contributed by atoms with Gasteiger partial charge in [0, 0.05) is 12.1 Å². The lowest BCUT2D eigenvalue weighted by atomic mass is 10.1. The molecule has 0 saturated carbocycles. The maximum absolute atomic E-state index is 9.64. The number of aromatic hydroxyl groups is 1. The van der Waals surface area contributed by atoms with Gasteiger partial charge in [-0.2, -0.15) is 0 Å². The van der Waals surface area contributed by atoms with E-state index < -0.39 is 6.10 Å². The number of nitrogens with one attached hydrogen (secondary N) is 1. The third-order valence-electron chi connectivity index (χ3n) is 1.99. The van der Waals surface area contributed by atoms with Crippen molar-refractivity contribution in [1.82, 2.24) is 5.32 Å². The van der Waals surface area contributed by atoms with Crippen molar-refractivity contribution in [3.63, 3.8) is 0 Å². The molecule has 0 heterocycles. The molecular formula is C10H15NO3. The zero-order chi connectivity index (χ0) is 10.6. The molecule has 4 nitrogen and oxygen atoms in total. The fourth-order valence-corrected chi connectivity index (χ4v) is 1.23. The van der Waals surface area contributed by atoms with E-state index in [-0.39, 0.29) is 5.75 Å². The van der Waals surface area contributed by atoms with E-state index in [2.05, 4.69) is 5.32 Å². The maximum Gasteiger partial charge on any atom is 0.121 e. The van der Waals surface area contributed by atoms with Crippen molar-refractivity contribution in [1.29, 1.82) is 0 Å². The first-order valence-electron chi connectivity index (χ1n) is 4.38. The van der Waals surface area contributed by atoms with Crippen molar-refractivity contribution >= 4 is 0 Å². The van der Waals surface area contributed by atoms with Gasteiger partial charge in [-0.1, -0.05) is 0 Å². The Morgan fingerprint density at radius 1 is 1.50 bits per heavy atom. The lowest BCUT2D eigenvalue weighted by molar-refractivity contribution is 0.173. The lowest BCUT2D eigenvalue weighted by Gasteiger charge is -2.13. The summed E-state index contributed by atoms with van der Waals surface area (Å²) in [5, 5.41) is 22.0. The van der Waals surface area contributed by atoms with E-state index in [1.807, 2.05) is 0 Å². The number of methoxy groups -OCH3 is 1. The molecular weight excluding hydrogens is 182 g/mol. The highest BCUT2D eigenvalue weighted by molar-refractivity contribution is 5.40. The summed E-state index contributed by atoms with van der Waals surface area (Å²) < 4.78 is 5.00. The molecule has 0 aliphatic heterocycles. The summed E-state index contributed by atoms with van der Waals surface area (Å²) in [6.45, 7) is 0.390. The highest BCUT2D eigenvalue weighted by atomic mass is 16.5. The Bertz CT molecular complexity index is 301. The van der Waals surface area contributed by atoms with Crippen LogP contribution in [0.1, 0.15) is 11.7 Å². The summed E-state index contributed by atoms with van der Waals surface area (Å²) in [7, 11) is 3.28. The Balaban J connectivity index is 2.93. The molecule has 1 rings (SSSR count). The summed E-state index contributed by atoms with van der Waals surface area (Å²) in [6.07, 6.45) is -0.727. The second kappa shape index (κ2) is 4.83. The van der Waals surface area contributed by atoms with Crippen molar-refractivity contribution in [3.8, 4) is 11.5 Å². The van der Waals surface area contributed by atoms with Crippen LogP contribution in [-0.2, 0) is 0 Å². The van der Waals surface area contributed by atoms with Gasteiger partial charge >= 0.3 is 0 Å². The highest BCUT2D eigenvalue weighted by Gasteiger charge is 2.12. The van der Waals surface area contributed by atoms with Gasteiger partial charge in [-0.05, 0) is 25.2 Å². The highest BCUT2D eigenvalue weighted by Crippen LogP contribution is 2.27. The molecule has 78 valence electrons. The van der Waals surface area contributed by atoms with E-state index >= 15 is 0 Å². The van der Waals surface area contributed by atoms with Crippen LogP contribution in [0, 0.1) is 0 Å². The van der Waals surface area contributed by atoms with Crippen LogP contribution in [0.2, 0.25) is 0 Å². The Morgan fingerprint density at radius 2 is 2.21 bits per heavy atom. The van der Waals surface area contributed by atoms with Gasteiger partial charge < -0.3 is 20.3 Å². The Kier molecular flexibility index (Phi) is 3.73. The van der Waals surface area contributed by atoms with Gasteiger partial charge in [0.25, 0.3) is 0 Å². The molecule has 0 aliphatic rings. The van der Waals surface area contributed by atoms with Crippen molar-refractivity contribution < 1.29 is 14.9 Å². The van der Waals surface area contributed by atoms with Crippen molar-refractivity contribution in [2.75, 3.05) is 20.7 Å². The Morgan fingerprint density at radius 3 is 2.79 bits per heavy atom. The number of aliphatic hydroxyl groups excluding tert-OH is 1. The van der Waals surface area contributed by atoms with Crippen LogP contribution in [-0.4, -0.2) is 30.9 Å². The van der Waals surface area contributed by atoms with E-state index in [1.165, 1.54) is 6.07 Å². The minimum Gasteiger partial charge on any atom is -0.508 e. The molecule has 1 atom stereocenters.